The Morgan fingerprint density at radius 1 is 1.07 bits per heavy atom. The van der Waals surface area contributed by atoms with Crippen LogP contribution in [0.15, 0.2) is 54.9 Å². The van der Waals surface area contributed by atoms with E-state index in [-0.39, 0.29) is 5.25 Å². The highest BCUT2D eigenvalue weighted by Gasteiger charge is 2.30. The molecule has 27 heavy (non-hydrogen) atoms. The van der Waals surface area contributed by atoms with Gasteiger partial charge in [-0.15, -0.1) is 0 Å². The predicted molar refractivity (Wildman–Crippen MR) is 106 cm³/mol. The van der Waals surface area contributed by atoms with Gasteiger partial charge in [0.25, 0.3) is 0 Å². The van der Waals surface area contributed by atoms with Crippen LogP contribution < -0.4 is 5.32 Å². The smallest absolute Gasteiger partial charge is 0.239 e. The van der Waals surface area contributed by atoms with Gasteiger partial charge >= 0.3 is 0 Å². The number of carbonyl (C=O) groups is 1. The van der Waals surface area contributed by atoms with E-state index in [1.807, 2.05) is 41.0 Å². The molecule has 6 nitrogen and oxygen atoms in total. The molecule has 2 aromatic carbocycles. The van der Waals surface area contributed by atoms with Crippen molar-refractivity contribution in [2.24, 2.45) is 0 Å². The van der Waals surface area contributed by atoms with Crippen LogP contribution in [0.3, 0.4) is 0 Å². The molecule has 1 aliphatic carbocycles. The largest absolute Gasteiger partial charge is 0.325 e. The SMILES string of the molecule is O=C(CS(=O)(=O)C1CCCC1)Nc1ccc(-n2cnc3ccccc32)cc1. The highest BCUT2D eigenvalue weighted by Crippen LogP contribution is 2.25. The summed E-state index contributed by atoms with van der Waals surface area (Å²) < 4.78 is 26.6. The molecule has 0 unspecified atom stereocenters. The van der Waals surface area contributed by atoms with Crippen LogP contribution in [0.4, 0.5) is 5.69 Å². The van der Waals surface area contributed by atoms with Gasteiger partial charge in [0.2, 0.25) is 5.91 Å². The Labute approximate surface area is 158 Å². The Hall–Kier alpha value is -2.67. The van der Waals surface area contributed by atoms with Gasteiger partial charge in [-0.1, -0.05) is 25.0 Å². The van der Waals surface area contributed by atoms with E-state index in [0.717, 1.165) is 29.6 Å². The zero-order valence-corrected chi connectivity index (χ0v) is 15.7. The lowest BCUT2D eigenvalue weighted by atomic mass is 10.2. The van der Waals surface area contributed by atoms with Crippen molar-refractivity contribution in [1.29, 1.82) is 0 Å². The lowest BCUT2D eigenvalue weighted by molar-refractivity contribution is -0.113. The van der Waals surface area contributed by atoms with Gasteiger partial charge in [0.05, 0.1) is 16.3 Å². The summed E-state index contributed by atoms with van der Waals surface area (Å²) in [6, 6.07) is 15.1. The molecular weight excluding hydrogens is 362 g/mol. The van der Waals surface area contributed by atoms with Crippen LogP contribution in [0.2, 0.25) is 0 Å². The fraction of sp³-hybridized carbons (Fsp3) is 0.300. The van der Waals surface area contributed by atoms with Crippen molar-refractivity contribution in [2.75, 3.05) is 11.1 Å². The van der Waals surface area contributed by atoms with E-state index in [4.69, 9.17) is 0 Å². The number of aromatic nitrogens is 2. The summed E-state index contributed by atoms with van der Waals surface area (Å²) >= 11 is 0. The number of carbonyl (C=O) groups excluding carboxylic acids is 1. The molecule has 1 saturated carbocycles. The minimum absolute atomic E-state index is 0.361. The fourth-order valence-electron chi connectivity index (χ4n) is 3.62. The molecule has 0 spiro atoms. The van der Waals surface area contributed by atoms with E-state index in [9.17, 15) is 13.2 Å². The van der Waals surface area contributed by atoms with Crippen molar-refractivity contribution in [1.82, 2.24) is 9.55 Å². The summed E-state index contributed by atoms with van der Waals surface area (Å²) in [5, 5.41) is 2.33. The summed E-state index contributed by atoms with van der Waals surface area (Å²) in [6.07, 6.45) is 4.95. The predicted octanol–water partition coefficient (Wildman–Crippen LogP) is 3.32. The molecule has 7 heteroatoms. The number of nitrogens with zero attached hydrogens (tertiary/aromatic N) is 2. The van der Waals surface area contributed by atoms with E-state index >= 15 is 0 Å². The molecule has 0 saturated heterocycles. The van der Waals surface area contributed by atoms with Crippen LogP contribution in [0.1, 0.15) is 25.7 Å². The van der Waals surface area contributed by atoms with Gasteiger partial charge < -0.3 is 5.32 Å². The molecule has 1 amide bonds. The van der Waals surface area contributed by atoms with E-state index < -0.39 is 21.5 Å². The highest BCUT2D eigenvalue weighted by molar-refractivity contribution is 7.92. The molecule has 1 N–H and O–H groups in total. The molecule has 1 fully saturated rings. The number of hydrogen-bond donors (Lipinski definition) is 1. The molecule has 0 aliphatic heterocycles. The molecule has 0 atom stereocenters. The van der Waals surface area contributed by atoms with Gasteiger partial charge in [0.1, 0.15) is 12.1 Å². The first-order valence-corrected chi connectivity index (χ1v) is 10.8. The minimum Gasteiger partial charge on any atom is -0.325 e. The van der Waals surface area contributed by atoms with Crippen molar-refractivity contribution in [3.8, 4) is 5.69 Å². The van der Waals surface area contributed by atoms with Crippen LogP contribution in [0, 0.1) is 0 Å². The quantitative estimate of drug-likeness (QED) is 0.733. The standard InChI is InChI=1S/C20H21N3O3S/c24-20(13-27(25,26)17-5-1-2-6-17)22-15-9-11-16(12-10-15)23-14-21-18-7-3-4-8-19(18)23/h3-4,7-12,14,17H,1-2,5-6,13H2,(H,22,24). The second kappa shape index (κ2) is 7.15. The maximum absolute atomic E-state index is 12.3. The number of para-hydroxylation sites is 2. The van der Waals surface area contributed by atoms with Crippen LogP contribution in [-0.2, 0) is 14.6 Å². The van der Waals surface area contributed by atoms with E-state index in [2.05, 4.69) is 10.3 Å². The van der Waals surface area contributed by atoms with Crippen molar-refractivity contribution >= 4 is 32.5 Å². The monoisotopic (exact) mass is 383 g/mol. The Morgan fingerprint density at radius 3 is 2.52 bits per heavy atom. The maximum atomic E-state index is 12.3. The number of amides is 1. The molecular formula is C20H21N3O3S. The minimum atomic E-state index is -3.37. The van der Waals surface area contributed by atoms with E-state index in [1.54, 1.807) is 18.5 Å². The maximum Gasteiger partial charge on any atom is 0.239 e. The third-order valence-corrected chi connectivity index (χ3v) is 7.18. The third-order valence-electron chi connectivity index (χ3n) is 5.03. The zero-order valence-electron chi connectivity index (χ0n) is 14.8. The van der Waals surface area contributed by atoms with Crippen molar-refractivity contribution in [2.45, 2.75) is 30.9 Å². The molecule has 1 aliphatic rings. The first-order valence-electron chi connectivity index (χ1n) is 9.07. The molecule has 1 heterocycles. The fourth-order valence-corrected chi connectivity index (χ4v) is 5.34. The average molecular weight is 383 g/mol. The first-order chi connectivity index (χ1) is 13.0. The van der Waals surface area contributed by atoms with Gasteiger partial charge in [-0.05, 0) is 49.2 Å². The number of sulfone groups is 1. The van der Waals surface area contributed by atoms with Gasteiger partial charge in [0.15, 0.2) is 9.84 Å². The van der Waals surface area contributed by atoms with E-state index in [0.29, 0.717) is 18.5 Å². The van der Waals surface area contributed by atoms with Gasteiger partial charge in [-0.3, -0.25) is 9.36 Å². The van der Waals surface area contributed by atoms with E-state index in [1.165, 1.54) is 0 Å². The second-order valence-corrected chi connectivity index (χ2v) is 9.19. The van der Waals surface area contributed by atoms with Crippen molar-refractivity contribution in [3.05, 3.63) is 54.9 Å². The lowest BCUT2D eigenvalue weighted by Gasteiger charge is -2.11. The van der Waals surface area contributed by atoms with Crippen LogP contribution in [0.25, 0.3) is 16.7 Å². The normalized spacial score (nSPS) is 15.3. The number of hydrogen-bond acceptors (Lipinski definition) is 4. The number of rotatable bonds is 5. The van der Waals surface area contributed by atoms with Gasteiger partial charge in [0, 0.05) is 11.4 Å². The zero-order chi connectivity index (χ0) is 18.9. The average Bonchev–Trinajstić information content (AvgIpc) is 3.32. The molecule has 4 rings (SSSR count). The Balaban J connectivity index is 1.45. The summed E-state index contributed by atoms with van der Waals surface area (Å²) in [6.45, 7) is 0. The van der Waals surface area contributed by atoms with Crippen molar-refractivity contribution in [3.63, 3.8) is 0 Å². The number of nitrogens with one attached hydrogen (secondary N) is 1. The highest BCUT2D eigenvalue weighted by atomic mass is 32.2. The number of imidazole rings is 1. The van der Waals surface area contributed by atoms with Gasteiger partial charge in [-0.25, -0.2) is 13.4 Å². The van der Waals surface area contributed by atoms with Crippen LogP contribution >= 0.6 is 0 Å². The summed E-state index contributed by atoms with van der Waals surface area (Å²) in [5.41, 5.74) is 3.40. The first kappa shape index (κ1) is 17.7. The Kier molecular flexibility index (Phi) is 4.70. The number of anilines is 1. The Bertz CT molecular complexity index is 1070. The Morgan fingerprint density at radius 2 is 1.78 bits per heavy atom. The van der Waals surface area contributed by atoms with Crippen LogP contribution in [0.5, 0.6) is 0 Å². The van der Waals surface area contributed by atoms with Gasteiger partial charge in [-0.2, -0.15) is 0 Å². The third kappa shape index (κ3) is 3.73. The van der Waals surface area contributed by atoms with Crippen LogP contribution in [-0.4, -0.2) is 34.9 Å². The topological polar surface area (TPSA) is 81.1 Å². The summed E-state index contributed by atoms with van der Waals surface area (Å²) in [7, 11) is -3.37. The summed E-state index contributed by atoms with van der Waals surface area (Å²) in [4.78, 5) is 16.5. The number of fused-ring (bicyclic) bond motifs is 1. The molecule has 0 radical (unpaired) electrons. The molecule has 1 aromatic heterocycles. The molecule has 0 bridgehead atoms. The molecule has 140 valence electrons. The van der Waals surface area contributed by atoms with Crippen molar-refractivity contribution < 1.29 is 13.2 Å². The molecule has 3 aromatic rings. The lowest BCUT2D eigenvalue weighted by Crippen LogP contribution is -2.29. The second-order valence-electron chi connectivity index (χ2n) is 6.91. The number of benzene rings is 2. The summed E-state index contributed by atoms with van der Waals surface area (Å²) in [5.74, 6) is -0.936.